The second-order valence-corrected chi connectivity index (χ2v) is 8.01. The minimum absolute atomic E-state index is 0.0996. The summed E-state index contributed by atoms with van der Waals surface area (Å²) in [6, 6.07) is 11.3. The molecule has 0 aliphatic rings. The van der Waals surface area contributed by atoms with Crippen molar-refractivity contribution in [2.24, 2.45) is 5.73 Å². The summed E-state index contributed by atoms with van der Waals surface area (Å²) in [4.78, 5) is 0.250. The third-order valence-electron chi connectivity index (χ3n) is 2.60. The number of sulfonamides is 1. The third kappa shape index (κ3) is 4.03. The highest BCUT2D eigenvalue weighted by Gasteiger charge is 2.16. The number of thiocarbonyl (C=S) groups is 1. The lowest BCUT2D eigenvalue weighted by atomic mass is 10.2. The average molecular weight is 450 g/mol. The van der Waals surface area contributed by atoms with Crippen LogP contribution in [0, 0.1) is 0 Å². The van der Waals surface area contributed by atoms with Crippen LogP contribution in [0.2, 0.25) is 0 Å². The van der Waals surface area contributed by atoms with E-state index >= 15 is 0 Å². The highest BCUT2D eigenvalue weighted by molar-refractivity contribution is 9.11. The first-order chi connectivity index (χ1) is 9.79. The van der Waals surface area contributed by atoms with E-state index in [0.717, 1.165) is 4.47 Å². The van der Waals surface area contributed by atoms with Crippen LogP contribution >= 0.6 is 44.1 Å². The Labute approximate surface area is 145 Å². The van der Waals surface area contributed by atoms with Crippen molar-refractivity contribution in [1.82, 2.24) is 0 Å². The molecule has 0 saturated heterocycles. The molecule has 110 valence electrons. The molecule has 0 amide bonds. The standard InChI is InChI=1S/C13H10Br2N2O2S2/c14-9-4-5-12(11(15)7-9)17-21(18,19)10-3-1-2-8(6-10)13(16)20/h1-7,17H,(H2,16,20). The molecule has 0 saturated carbocycles. The maximum absolute atomic E-state index is 12.4. The Morgan fingerprint density at radius 2 is 1.86 bits per heavy atom. The van der Waals surface area contributed by atoms with Crippen LogP contribution < -0.4 is 10.5 Å². The first-order valence-corrected chi connectivity index (χ1v) is 9.15. The van der Waals surface area contributed by atoms with E-state index in [1.165, 1.54) is 12.1 Å². The number of hydrogen-bond donors (Lipinski definition) is 2. The number of nitrogens with one attached hydrogen (secondary N) is 1. The quantitative estimate of drug-likeness (QED) is 0.698. The molecule has 8 heteroatoms. The molecule has 4 nitrogen and oxygen atoms in total. The van der Waals surface area contributed by atoms with E-state index in [0.29, 0.717) is 15.7 Å². The third-order valence-corrected chi connectivity index (χ3v) is 5.35. The van der Waals surface area contributed by atoms with Crippen LogP contribution in [-0.4, -0.2) is 13.4 Å². The fourth-order valence-electron chi connectivity index (χ4n) is 1.59. The molecule has 0 aliphatic carbocycles. The largest absolute Gasteiger partial charge is 0.389 e. The van der Waals surface area contributed by atoms with Gasteiger partial charge in [0.05, 0.1) is 10.6 Å². The van der Waals surface area contributed by atoms with Crippen LogP contribution in [0.15, 0.2) is 56.3 Å². The molecule has 0 heterocycles. The summed E-state index contributed by atoms with van der Waals surface area (Å²) in [5.41, 5.74) is 6.47. The highest BCUT2D eigenvalue weighted by Crippen LogP contribution is 2.28. The molecule has 0 radical (unpaired) electrons. The van der Waals surface area contributed by atoms with E-state index in [4.69, 9.17) is 18.0 Å². The lowest BCUT2D eigenvalue weighted by Gasteiger charge is -2.11. The molecule has 2 rings (SSSR count). The van der Waals surface area contributed by atoms with Crippen LogP contribution in [0.1, 0.15) is 5.56 Å². The van der Waals surface area contributed by atoms with Crippen LogP contribution in [0.4, 0.5) is 5.69 Å². The van der Waals surface area contributed by atoms with Crippen LogP contribution in [0.5, 0.6) is 0 Å². The average Bonchev–Trinajstić information content (AvgIpc) is 2.42. The van der Waals surface area contributed by atoms with Crippen LogP contribution in [-0.2, 0) is 10.0 Å². The first kappa shape index (κ1) is 16.4. The number of benzene rings is 2. The molecular weight excluding hydrogens is 440 g/mol. The van der Waals surface area contributed by atoms with Crippen molar-refractivity contribution in [3.05, 3.63) is 57.0 Å². The molecule has 0 unspecified atom stereocenters. The molecule has 2 aromatic carbocycles. The van der Waals surface area contributed by atoms with E-state index in [9.17, 15) is 8.42 Å². The second kappa shape index (κ2) is 6.43. The molecule has 0 atom stereocenters. The Bertz CT molecular complexity index is 808. The zero-order chi connectivity index (χ0) is 15.6. The molecular formula is C13H10Br2N2O2S2. The van der Waals surface area contributed by atoms with E-state index in [-0.39, 0.29) is 9.88 Å². The van der Waals surface area contributed by atoms with Gasteiger partial charge in [0.1, 0.15) is 4.99 Å². The van der Waals surface area contributed by atoms with Crippen molar-refractivity contribution in [2.45, 2.75) is 4.90 Å². The van der Waals surface area contributed by atoms with E-state index in [1.54, 1.807) is 30.3 Å². The lowest BCUT2D eigenvalue weighted by molar-refractivity contribution is 0.601. The molecule has 0 aromatic heterocycles. The summed E-state index contributed by atoms with van der Waals surface area (Å²) in [5, 5.41) is 0. The zero-order valence-electron chi connectivity index (χ0n) is 10.5. The Balaban J connectivity index is 2.38. The van der Waals surface area contributed by atoms with Gasteiger partial charge in [-0.3, -0.25) is 4.72 Å². The van der Waals surface area contributed by atoms with Crippen molar-refractivity contribution in [2.75, 3.05) is 4.72 Å². The number of halogens is 2. The summed E-state index contributed by atoms with van der Waals surface area (Å²) in [7, 11) is -3.72. The molecule has 0 aliphatic heterocycles. The topological polar surface area (TPSA) is 72.2 Å². The van der Waals surface area contributed by atoms with Gasteiger partial charge in [0.25, 0.3) is 10.0 Å². The van der Waals surface area contributed by atoms with Gasteiger partial charge in [0.2, 0.25) is 0 Å². The van der Waals surface area contributed by atoms with Crippen molar-refractivity contribution in [1.29, 1.82) is 0 Å². The Morgan fingerprint density at radius 3 is 2.48 bits per heavy atom. The SMILES string of the molecule is NC(=S)c1cccc(S(=O)(=O)Nc2ccc(Br)cc2Br)c1. The van der Waals surface area contributed by atoms with Gasteiger partial charge in [-0.05, 0) is 46.3 Å². The molecule has 0 spiro atoms. The normalized spacial score (nSPS) is 11.1. The van der Waals surface area contributed by atoms with Crippen molar-refractivity contribution >= 4 is 64.8 Å². The highest BCUT2D eigenvalue weighted by atomic mass is 79.9. The summed E-state index contributed by atoms with van der Waals surface area (Å²) >= 11 is 11.5. The van der Waals surface area contributed by atoms with Gasteiger partial charge in [-0.15, -0.1) is 0 Å². The molecule has 0 bridgehead atoms. The van der Waals surface area contributed by atoms with Gasteiger partial charge in [0, 0.05) is 14.5 Å². The van der Waals surface area contributed by atoms with Gasteiger partial charge in [-0.25, -0.2) is 8.42 Å². The summed E-state index contributed by atoms with van der Waals surface area (Å²) < 4.78 is 28.8. The summed E-state index contributed by atoms with van der Waals surface area (Å²) in [6.07, 6.45) is 0. The second-order valence-electron chi connectivity index (χ2n) is 4.12. The monoisotopic (exact) mass is 448 g/mol. The van der Waals surface area contributed by atoms with Crippen LogP contribution in [0.25, 0.3) is 0 Å². The van der Waals surface area contributed by atoms with Crippen molar-refractivity contribution < 1.29 is 8.42 Å². The number of nitrogens with two attached hydrogens (primary N) is 1. The number of rotatable bonds is 4. The van der Waals surface area contributed by atoms with E-state index < -0.39 is 10.0 Å². The summed E-state index contributed by atoms with van der Waals surface area (Å²) in [5.74, 6) is 0. The maximum Gasteiger partial charge on any atom is 0.261 e. The van der Waals surface area contributed by atoms with Crippen LogP contribution in [0.3, 0.4) is 0 Å². The Kier molecular flexibility index (Phi) is 5.03. The van der Waals surface area contributed by atoms with Gasteiger partial charge in [0.15, 0.2) is 0 Å². The smallest absolute Gasteiger partial charge is 0.261 e. The van der Waals surface area contributed by atoms with Gasteiger partial charge < -0.3 is 5.73 Å². The fourth-order valence-corrected chi connectivity index (χ4v) is 4.12. The molecule has 2 aromatic rings. The van der Waals surface area contributed by atoms with E-state index in [2.05, 4.69) is 36.6 Å². The molecule has 21 heavy (non-hydrogen) atoms. The summed E-state index contributed by atoms with van der Waals surface area (Å²) in [6.45, 7) is 0. The number of anilines is 1. The lowest BCUT2D eigenvalue weighted by Crippen LogP contribution is -2.15. The predicted octanol–water partition coefficient (Wildman–Crippen LogP) is 3.65. The first-order valence-electron chi connectivity index (χ1n) is 5.67. The van der Waals surface area contributed by atoms with Crippen molar-refractivity contribution in [3.63, 3.8) is 0 Å². The minimum atomic E-state index is -3.72. The minimum Gasteiger partial charge on any atom is -0.389 e. The maximum atomic E-state index is 12.4. The van der Waals surface area contributed by atoms with Gasteiger partial charge >= 0.3 is 0 Å². The molecule has 0 fully saturated rings. The Hall–Kier alpha value is -0.960. The Morgan fingerprint density at radius 1 is 1.14 bits per heavy atom. The van der Waals surface area contributed by atoms with Crippen molar-refractivity contribution in [3.8, 4) is 0 Å². The predicted molar refractivity (Wildman–Crippen MR) is 95.0 cm³/mol. The van der Waals surface area contributed by atoms with Gasteiger partial charge in [-0.2, -0.15) is 0 Å². The van der Waals surface area contributed by atoms with Gasteiger partial charge in [-0.1, -0.05) is 40.3 Å². The zero-order valence-corrected chi connectivity index (χ0v) is 15.3. The molecule has 3 N–H and O–H groups in total. The number of hydrogen-bond acceptors (Lipinski definition) is 3. The van der Waals surface area contributed by atoms with E-state index in [1.807, 2.05) is 0 Å². The fraction of sp³-hybridized carbons (Fsp3) is 0.